The van der Waals surface area contributed by atoms with E-state index in [1.807, 2.05) is 41.3 Å². The van der Waals surface area contributed by atoms with Crippen molar-refractivity contribution in [2.24, 2.45) is 0 Å². The second-order valence-electron chi connectivity index (χ2n) is 6.07. The predicted octanol–water partition coefficient (Wildman–Crippen LogP) is 3.10. The summed E-state index contributed by atoms with van der Waals surface area (Å²) in [6.45, 7) is 0.607. The number of fused-ring (bicyclic) bond motifs is 1. The van der Waals surface area contributed by atoms with Gasteiger partial charge in [-0.25, -0.2) is 0 Å². The van der Waals surface area contributed by atoms with Crippen LogP contribution in [0.15, 0.2) is 60.7 Å². The maximum atomic E-state index is 12.5. The van der Waals surface area contributed by atoms with Gasteiger partial charge in [0.2, 0.25) is 5.91 Å². The fourth-order valence-electron chi connectivity index (χ4n) is 3.77. The molecule has 0 spiro atoms. The summed E-state index contributed by atoms with van der Waals surface area (Å²) in [5.74, 6) is 0.210. The largest absolute Gasteiger partial charge is 0.349 e. The fourth-order valence-corrected chi connectivity index (χ4v) is 3.77. The molecular weight excluding hydrogens is 274 g/mol. The summed E-state index contributed by atoms with van der Waals surface area (Å²) in [5.41, 5.74) is 1.80. The summed E-state index contributed by atoms with van der Waals surface area (Å²) >= 11 is 0. The van der Waals surface area contributed by atoms with E-state index < -0.39 is 5.72 Å². The predicted molar refractivity (Wildman–Crippen MR) is 84.1 cm³/mol. The van der Waals surface area contributed by atoms with Gasteiger partial charge in [0.1, 0.15) is 0 Å². The molecule has 4 rings (SSSR count). The molecule has 2 heterocycles. The number of hydrogen-bond donors (Lipinski definition) is 0. The van der Waals surface area contributed by atoms with E-state index in [0.717, 1.165) is 18.4 Å². The Kier molecular flexibility index (Phi) is 3.23. The lowest BCUT2D eigenvalue weighted by Gasteiger charge is -2.33. The third-order valence-electron chi connectivity index (χ3n) is 4.75. The molecule has 2 saturated heterocycles. The van der Waals surface area contributed by atoms with Crippen LogP contribution in [0.25, 0.3) is 0 Å². The highest BCUT2D eigenvalue weighted by Gasteiger charge is 2.55. The third kappa shape index (κ3) is 2.04. The van der Waals surface area contributed by atoms with Crippen LogP contribution >= 0.6 is 0 Å². The van der Waals surface area contributed by atoms with Gasteiger partial charge in [-0.1, -0.05) is 60.7 Å². The Morgan fingerprint density at radius 3 is 2.45 bits per heavy atom. The normalized spacial score (nSPS) is 27.2. The van der Waals surface area contributed by atoms with Gasteiger partial charge < -0.3 is 9.64 Å². The van der Waals surface area contributed by atoms with Gasteiger partial charge in [0.25, 0.3) is 0 Å². The average Bonchev–Trinajstić information content (AvgIpc) is 3.10. The number of hydrogen-bond acceptors (Lipinski definition) is 2. The Morgan fingerprint density at radius 2 is 1.73 bits per heavy atom. The maximum Gasteiger partial charge on any atom is 0.225 e. The van der Waals surface area contributed by atoms with E-state index >= 15 is 0 Å². The average molecular weight is 293 g/mol. The highest BCUT2D eigenvalue weighted by Crippen LogP contribution is 2.46. The topological polar surface area (TPSA) is 29.5 Å². The first-order chi connectivity index (χ1) is 10.8. The summed E-state index contributed by atoms with van der Waals surface area (Å²) in [4.78, 5) is 14.5. The molecule has 2 fully saturated rings. The summed E-state index contributed by atoms with van der Waals surface area (Å²) in [6.07, 6.45) is 2.17. The molecule has 0 saturated carbocycles. The van der Waals surface area contributed by atoms with Gasteiger partial charge in [-0.2, -0.15) is 0 Å². The molecule has 0 aliphatic carbocycles. The van der Waals surface area contributed by atoms with E-state index in [1.165, 1.54) is 5.56 Å². The molecule has 0 bridgehead atoms. The molecular formula is C19H19NO2. The summed E-state index contributed by atoms with van der Waals surface area (Å²) < 4.78 is 6.21. The van der Waals surface area contributed by atoms with Crippen molar-refractivity contribution in [1.82, 2.24) is 4.90 Å². The molecule has 0 radical (unpaired) electrons. The van der Waals surface area contributed by atoms with E-state index in [9.17, 15) is 4.79 Å². The van der Waals surface area contributed by atoms with Crippen molar-refractivity contribution in [3.63, 3.8) is 0 Å². The van der Waals surface area contributed by atoms with Gasteiger partial charge in [0, 0.05) is 18.4 Å². The zero-order valence-corrected chi connectivity index (χ0v) is 12.4. The van der Waals surface area contributed by atoms with Crippen LogP contribution < -0.4 is 0 Å². The highest BCUT2D eigenvalue weighted by molar-refractivity contribution is 5.80. The second kappa shape index (κ2) is 5.25. The number of carbonyl (C=O) groups is 1. The van der Waals surface area contributed by atoms with Gasteiger partial charge in [0.15, 0.2) is 5.72 Å². The fraction of sp³-hybridized carbons (Fsp3) is 0.316. The SMILES string of the molecule is O=C1CC[C@@]2(c3ccccc3)OC[C@H](Cc3ccccc3)N12. The molecule has 2 atom stereocenters. The van der Waals surface area contributed by atoms with Crippen LogP contribution in [0.5, 0.6) is 0 Å². The summed E-state index contributed by atoms with van der Waals surface area (Å²) in [5, 5.41) is 0. The molecule has 0 unspecified atom stereocenters. The lowest BCUT2D eigenvalue weighted by Crippen LogP contribution is -2.44. The smallest absolute Gasteiger partial charge is 0.225 e. The van der Waals surface area contributed by atoms with Crippen molar-refractivity contribution in [2.75, 3.05) is 6.61 Å². The molecule has 2 aromatic carbocycles. The van der Waals surface area contributed by atoms with Crippen molar-refractivity contribution >= 4 is 5.91 Å². The summed E-state index contributed by atoms with van der Waals surface area (Å²) in [6, 6.07) is 20.6. The quantitative estimate of drug-likeness (QED) is 0.870. The van der Waals surface area contributed by atoms with Crippen molar-refractivity contribution < 1.29 is 9.53 Å². The van der Waals surface area contributed by atoms with Crippen LogP contribution in [-0.2, 0) is 21.7 Å². The monoisotopic (exact) mass is 293 g/mol. The van der Waals surface area contributed by atoms with Gasteiger partial charge in [-0.3, -0.25) is 4.79 Å². The lowest BCUT2D eigenvalue weighted by atomic mass is 9.99. The Labute approximate surface area is 130 Å². The lowest BCUT2D eigenvalue weighted by molar-refractivity contribution is -0.139. The Hall–Kier alpha value is -2.13. The second-order valence-corrected chi connectivity index (χ2v) is 6.07. The van der Waals surface area contributed by atoms with Gasteiger partial charge in [-0.15, -0.1) is 0 Å². The van der Waals surface area contributed by atoms with Crippen LogP contribution in [0.1, 0.15) is 24.0 Å². The van der Waals surface area contributed by atoms with Crippen LogP contribution in [0.3, 0.4) is 0 Å². The Morgan fingerprint density at radius 1 is 1.05 bits per heavy atom. The van der Waals surface area contributed by atoms with E-state index in [-0.39, 0.29) is 11.9 Å². The molecule has 3 nitrogen and oxygen atoms in total. The first-order valence-electron chi connectivity index (χ1n) is 7.85. The van der Waals surface area contributed by atoms with E-state index in [0.29, 0.717) is 13.0 Å². The summed E-state index contributed by atoms with van der Waals surface area (Å²) in [7, 11) is 0. The molecule has 22 heavy (non-hydrogen) atoms. The molecule has 1 amide bonds. The van der Waals surface area contributed by atoms with Crippen molar-refractivity contribution in [3.05, 3.63) is 71.8 Å². The Bertz CT molecular complexity index is 670. The van der Waals surface area contributed by atoms with E-state index in [1.54, 1.807) is 0 Å². The van der Waals surface area contributed by atoms with Crippen LogP contribution in [0.4, 0.5) is 0 Å². The van der Waals surface area contributed by atoms with Crippen LogP contribution in [0.2, 0.25) is 0 Å². The van der Waals surface area contributed by atoms with Crippen LogP contribution in [0, 0.1) is 0 Å². The van der Waals surface area contributed by atoms with Gasteiger partial charge in [-0.05, 0) is 12.0 Å². The van der Waals surface area contributed by atoms with Gasteiger partial charge >= 0.3 is 0 Å². The van der Waals surface area contributed by atoms with Crippen LogP contribution in [-0.4, -0.2) is 23.5 Å². The maximum absolute atomic E-state index is 12.5. The van der Waals surface area contributed by atoms with Crippen molar-refractivity contribution in [1.29, 1.82) is 0 Å². The first kappa shape index (κ1) is 13.5. The minimum absolute atomic E-state index is 0.123. The number of amides is 1. The zero-order chi connectivity index (χ0) is 15.0. The van der Waals surface area contributed by atoms with E-state index in [4.69, 9.17) is 4.74 Å². The minimum Gasteiger partial charge on any atom is -0.349 e. The number of benzene rings is 2. The molecule has 2 aliphatic heterocycles. The highest BCUT2D eigenvalue weighted by atomic mass is 16.5. The zero-order valence-electron chi connectivity index (χ0n) is 12.4. The Balaban J connectivity index is 1.66. The third-order valence-corrected chi connectivity index (χ3v) is 4.75. The first-order valence-corrected chi connectivity index (χ1v) is 7.85. The molecule has 0 N–H and O–H groups in total. The van der Waals surface area contributed by atoms with Gasteiger partial charge in [0.05, 0.1) is 12.6 Å². The number of nitrogens with zero attached hydrogens (tertiary/aromatic N) is 1. The molecule has 2 aliphatic rings. The molecule has 112 valence electrons. The van der Waals surface area contributed by atoms with E-state index in [2.05, 4.69) is 24.3 Å². The van der Waals surface area contributed by atoms with Crippen molar-refractivity contribution in [3.8, 4) is 0 Å². The standard InChI is InChI=1S/C19H19NO2/c21-18-11-12-19(16-9-5-2-6-10-16)20(18)17(14-22-19)13-15-7-3-1-4-8-15/h1-10,17H,11-14H2/t17-,19-/m0/s1. The molecule has 0 aromatic heterocycles. The molecule has 2 aromatic rings. The number of rotatable bonds is 3. The number of carbonyl (C=O) groups excluding carboxylic acids is 1. The van der Waals surface area contributed by atoms with Crippen molar-refractivity contribution in [2.45, 2.75) is 31.0 Å². The molecule has 3 heteroatoms. The minimum atomic E-state index is -0.544. The number of ether oxygens (including phenoxy) is 1.